The van der Waals surface area contributed by atoms with Crippen LogP contribution in [-0.2, 0) is 18.4 Å². The first kappa shape index (κ1) is 20.6. The second-order valence-corrected chi connectivity index (χ2v) is 7.36. The van der Waals surface area contributed by atoms with E-state index in [-0.39, 0.29) is 11.6 Å². The molecule has 0 aliphatic heterocycles. The summed E-state index contributed by atoms with van der Waals surface area (Å²) in [4.78, 5) is 24.3. The van der Waals surface area contributed by atoms with Crippen molar-refractivity contribution in [3.05, 3.63) is 71.1 Å². The Balaban J connectivity index is 1.95. The lowest BCUT2D eigenvalue weighted by atomic mass is 9.99. The number of carbonyl (C=O) groups is 1. The van der Waals surface area contributed by atoms with Gasteiger partial charge in [-0.05, 0) is 19.3 Å². The van der Waals surface area contributed by atoms with Gasteiger partial charge >= 0.3 is 11.7 Å². The summed E-state index contributed by atoms with van der Waals surface area (Å²) >= 11 is 0. The van der Waals surface area contributed by atoms with Crippen LogP contribution in [0.1, 0.15) is 32.6 Å². The van der Waals surface area contributed by atoms with Crippen molar-refractivity contribution in [3.63, 3.8) is 0 Å². The van der Waals surface area contributed by atoms with Crippen LogP contribution in [0.25, 0.3) is 22.5 Å². The molecule has 0 aliphatic carbocycles. The Kier molecular flexibility index (Phi) is 6.70. The molecule has 0 fully saturated rings. The molecule has 1 N–H and O–H groups in total. The number of nitrogens with zero attached hydrogens (tertiary/aromatic N) is 2. The van der Waals surface area contributed by atoms with E-state index in [2.05, 4.69) is 0 Å². The van der Waals surface area contributed by atoms with Crippen molar-refractivity contribution in [1.82, 2.24) is 9.13 Å². The molecular formula is C24H28N2O3. The van der Waals surface area contributed by atoms with Gasteiger partial charge in [0.1, 0.15) is 0 Å². The van der Waals surface area contributed by atoms with E-state index in [0.717, 1.165) is 35.4 Å². The number of hydrogen-bond acceptors (Lipinski definition) is 2. The molecule has 152 valence electrons. The third-order valence-electron chi connectivity index (χ3n) is 5.47. The molecule has 3 aromatic rings. The van der Waals surface area contributed by atoms with Crippen LogP contribution in [0.2, 0.25) is 0 Å². The molecule has 5 nitrogen and oxygen atoms in total. The summed E-state index contributed by atoms with van der Waals surface area (Å²) in [5, 5.41) is 9.23. The zero-order chi connectivity index (χ0) is 20.8. The van der Waals surface area contributed by atoms with Gasteiger partial charge in [0, 0.05) is 24.7 Å². The van der Waals surface area contributed by atoms with Crippen molar-refractivity contribution >= 4 is 5.97 Å². The number of hydrogen-bond donors (Lipinski definition) is 1. The highest BCUT2D eigenvalue weighted by Crippen LogP contribution is 2.31. The number of aliphatic carboxylic acids is 1. The molecule has 5 heteroatoms. The van der Waals surface area contributed by atoms with E-state index in [4.69, 9.17) is 0 Å². The van der Waals surface area contributed by atoms with Gasteiger partial charge in [0.2, 0.25) is 0 Å². The third-order valence-corrected chi connectivity index (χ3v) is 5.47. The van der Waals surface area contributed by atoms with E-state index < -0.39 is 5.97 Å². The van der Waals surface area contributed by atoms with Crippen LogP contribution < -0.4 is 5.69 Å². The smallest absolute Gasteiger partial charge is 0.328 e. The second kappa shape index (κ2) is 9.41. The minimum Gasteiger partial charge on any atom is -0.481 e. The van der Waals surface area contributed by atoms with Crippen LogP contribution in [0.3, 0.4) is 0 Å². The van der Waals surface area contributed by atoms with Crippen molar-refractivity contribution in [2.75, 3.05) is 0 Å². The van der Waals surface area contributed by atoms with Gasteiger partial charge in [0.25, 0.3) is 0 Å². The van der Waals surface area contributed by atoms with Gasteiger partial charge in [-0.1, -0.05) is 74.0 Å². The maximum absolute atomic E-state index is 13.1. The lowest BCUT2D eigenvalue weighted by Crippen LogP contribution is -2.23. The fourth-order valence-corrected chi connectivity index (χ4v) is 3.84. The number of aromatic nitrogens is 2. The molecule has 1 aromatic heterocycles. The molecule has 1 unspecified atom stereocenters. The molecule has 0 radical (unpaired) electrons. The monoisotopic (exact) mass is 392 g/mol. The Labute approximate surface area is 171 Å². The summed E-state index contributed by atoms with van der Waals surface area (Å²) in [7, 11) is 1.81. The van der Waals surface area contributed by atoms with Crippen LogP contribution in [0.4, 0.5) is 0 Å². The van der Waals surface area contributed by atoms with E-state index in [1.54, 1.807) is 4.57 Å². The molecule has 0 amide bonds. The van der Waals surface area contributed by atoms with Crippen molar-refractivity contribution in [2.24, 2.45) is 13.0 Å². The fourth-order valence-electron chi connectivity index (χ4n) is 3.84. The second-order valence-electron chi connectivity index (χ2n) is 7.36. The van der Waals surface area contributed by atoms with Crippen molar-refractivity contribution < 1.29 is 9.90 Å². The first-order valence-electron chi connectivity index (χ1n) is 10.2. The molecule has 0 bridgehead atoms. The fraction of sp³-hybridized carbons (Fsp3) is 0.333. The molecule has 3 rings (SSSR count). The quantitative estimate of drug-likeness (QED) is 0.532. The van der Waals surface area contributed by atoms with Crippen LogP contribution in [0.15, 0.2) is 65.5 Å². The Morgan fingerprint density at radius 2 is 1.48 bits per heavy atom. The normalized spacial score (nSPS) is 12.1. The van der Waals surface area contributed by atoms with Gasteiger partial charge in [-0.15, -0.1) is 0 Å². The maximum Gasteiger partial charge on any atom is 0.328 e. The number of unbranched alkanes of at least 4 members (excludes halogenated alkanes) is 1. The average molecular weight is 392 g/mol. The molecular weight excluding hydrogens is 364 g/mol. The lowest BCUT2D eigenvalue weighted by Gasteiger charge is -2.12. The summed E-state index contributed by atoms with van der Waals surface area (Å²) < 4.78 is 3.54. The van der Waals surface area contributed by atoms with Crippen molar-refractivity contribution in [3.8, 4) is 22.5 Å². The van der Waals surface area contributed by atoms with E-state index in [1.165, 1.54) is 0 Å². The van der Waals surface area contributed by atoms with Crippen LogP contribution in [-0.4, -0.2) is 20.2 Å². The minimum atomic E-state index is -0.735. The van der Waals surface area contributed by atoms with E-state index in [9.17, 15) is 14.7 Å². The van der Waals surface area contributed by atoms with Gasteiger partial charge in [-0.2, -0.15) is 0 Å². The summed E-state index contributed by atoms with van der Waals surface area (Å²) in [5.41, 5.74) is 3.77. The summed E-state index contributed by atoms with van der Waals surface area (Å²) in [6, 6.07) is 19.9. The number of imidazole rings is 1. The highest BCUT2D eigenvalue weighted by atomic mass is 16.4. The first-order valence-corrected chi connectivity index (χ1v) is 10.2. The van der Waals surface area contributed by atoms with Crippen LogP contribution in [0.5, 0.6) is 0 Å². The van der Waals surface area contributed by atoms with Gasteiger partial charge in [-0.3, -0.25) is 13.9 Å². The number of benzene rings is 2. The Morgan fingerprint density at radius 1 is 0.931 bits per heavy atom. The topological polar surface area (TPSA) is 64.2 Å². The van der Waals surface area contributed by atoms with E-state index >= 15 is 0 Å². The Morgan fingerprint density at radius 3 is 2.00 bits per heavy atom. The Bertz CT molecular complexity index is 1000. The molecule has 0 saturated carbocycles. The molecule has 1 atom stereocenters. The Hall–Kier alpha value is -3.08. The summed E-state index contributed by atoms with van der Waals surface area (Å²) in [5.74, 6) is -1.04. The lowest BCUT2D eigenvalue weighted by molar-refractivity contribution is -0.142. The molecule has 29 heavy (non-hydrogen) atoms. The highest BCUT2D eigenvalue weighted by molar-refractivity contribution is 5.79. The number of carboxylic acid groups (broad SMARTS) is 1. The summed E-state index contributed by atoms with van der Waals surface area (Å²) in [6.45, 7) is 2.47. The third kappa shape index (κ3) is 4.50. The van der Waals surface area contributed by atoms with Gasteiger partial charge < -0.3 is 5.11 Å². The minimum absolute atomic E-state index is 0.0482. The van der Waals surface area contributed by atoms with Crippen LogP contribution >= 0.6 is 0 Å². The van der Waals surface area contributed by atoms with E-state index in [0.29, 0.717) is 19.4 Å². The van der Waals surface area contributed by atoms with Crippen molar-refractivity contribution in [1.29, 1.82) is 0 Å². The zero-order valence-electron chi connectivity index (χ0n) is 17.0. The van der Waals surface area contributed by atoms with Gasteiger partial charge in [-0.25, -0.2) is 4.79 Å². The van der Waals surface area contributed by atoms with E-state index in [1.807, 2.05) is 79.2 Å². The molecule has 0 saturated heterocycles. The number of carboxylic acids is 1. The highest BCUT2D eigenvalue weighted by Gasteiger charge is 2.20. The molecule has 0 aliphatic rings. The summed E-state index contributed by atoms with van der Waals surface area (Å²) in [6.07, 6.45) is 2.82. The first-order chi connectivity index (χ1) is 14.0. The average Bonchev–Trinajstić information content (AvgIpc) is 2.99. The molecule has 0 spiro atoms. The standard InChI is InChI=1S/C24H28N2O3/c1-3-18(23(27)28)12-10-11-17-26-22(20-15-8-5-9-16-20)21(25(2)24(26)29)19-13-6-4-7-14-19/h4-9,13-16,18H,3,10-12,17H2,1-2H3,(H,27,28). The SMILES string of the molecule is CCC(CCCCn1c(-c2ccccc2)c(-c2ccccc2)n(C)c1=O)C(=O)O. The number of rotatable bonds is 9. The van der Waals surface area contributed by atoms with Crippen molar-refractivity contribution in [2.45, 2.75) is 39.2 Å². The van der Waals surface area contributed by atoms with Gasteiger partial charge in [0.05, 0.1) is 17.3 Å². The predicted octanol–water partition coefficient (Wildman–Crippen LogP) is 4.80. The molecule has 2 aromatic carbocycles. The van der Waals surface area contributed by atoms with Gasteiger partial charge in [0.15, 0.2) is 0 Å². The zero-order valence-corrected chi connectivity index (χ0v) is 17.0. The predicted molar refractivity (Wildman–Crippen MR) is 116 cm³/mol. The van der Waals surface area contributed by atoms with Crippen LogP contribution in [0, 0.1) is 5.92 Å². The maximum atomic E-state index is 13.1. The largest absolute Gasteiger partial charge is 0.481 e. The molecule has 1 heterocycles.